The van der Waals surface area contributed by atoms with E-state index in [4.69, 9.17) is 9.47 Å². The Hall–Kier alpha value is -3.41. The zero-order valence-electron chi connectivity index (χ0n) is 19.1. The standard InChI is InChI=1S/C27H28FNO4/c1-4-13-33-27(31)24-16(2)29-22-14-18(17-9-11-19(32-3)12-10-17)15-23(30)26(22)25(24)20-7-5-6-8-21(20)28/h5-12,18,25,29H,4,13-15H2,1-3H3/t18-,25-/m1/s1. The molecule has 1 aliphatic heterocycles. The number of dihydropyridines is 1. The Morgan fingerprint density at radius 2 is 1.85 bits per heavy atom. The van der Waals surface area contributed by atoms with Crippen LogP contribution in [0, 0.1) is 5.82 Å². The summed E-state index contributed by atoms with van der Waals surface area (Å²) in [6, 6.07) is 14.0. The van der Waals surface area contributed by atoms with E-state index in [9.17, 15) is 14.0 Å². The number of hydrogen-bond donors (Lipinski definition) is 1. The maximum Gasteiger partial charge on any atom is 0.336 e. The highest BCUT2D eigenvalue weighted by Crippen LogP contribution is 2.46. The van der Waals surface area contributed by atoms with Crippen molar-refractivity contribution in [3.8, 4) is 5.75 Å². The van der Waals surface area contributed by atoms with Crippen LogP contribution in [0.25, 0.3) is 0 Å². The molecule has 2 aliphatic rings. The summed E-state index contributed by atoms with van der Waals surface area (Å²) in [5.41, 5.74) is 3.43. The molecule has 33 heavy (non-hydrogen) atoms. The van der Waals surface area contributed by atoms with Crippen LogP contribution >= 0.6 is 0 Å². The molecule has 2 aromatic rings. The van der Waals surface area contributed by atoms with E-state index in [0.29, 0.717) is 35.2 Å². The van der Waals surface area contributed by atoms with Crippen molar-refractivity contribution in [3.63, 3.8) is 0 Å². The molecule has 0 fully saturated rings. The highest BCUT2D eigenvalue weighted by atomic mass is 19.1. The maximum absolute atomic E-state index is 14.9. The minimum Gasteiger partial charge on any atom is -0.497 e. The summed E-state index contributed by atoms with van der Waals surface area (Å²) in [6.45, 7) is 3.95. The number of nitrogens with one attached hydrogen (secondary N) is 1. The maximum atomic E-state index is 14.9. The first-order valence-corrected chi connectivity index (χ1v) is 11.2. The number of ketones is 1. The van der Waals surface area contributed by atoms with Gasteiger partial charge in [0.05, 0.1) is 25.2 Å². The Bertz CT molecular complexity index is 1130. The van der Waals surface area contributed by atoms with Gasteiger partial charge in [0.25, 0.3) is 0 Å². The molecule has 4 rings (SSSR count). The first-order valence-electron chi connectivity index (χ1n) is 11.2. The van der Waals surface area contributed by atoms with E-state index < -0.39 is 17.7 Å². The number of ether oxygens (including phenoxy) is 2. The Morgan fingerprint density at radius 1 is 1.12 bits per heavy atom. The Labute approximate surface area is 193 Å². The average Bonchev–Trinajstić information content (AvgIpc) is 2.82. The van der Waals surface area contributed by atoms with E-state index in [0.717, 1.165) is 17.0 Å². The summed E-state index contributed by atoms with van der Waals surface area (Å²) in [6.07, 6.45) is 1.55. The van der Waals surface area contributed by atoms with E-state index in [1.54, 1.807) is 32.2 Å². The normalized spacial score (nSPS) is 20.3. The van der Waals surface area contributed by atoms with Crippen molar-refractivity contribution in [2.75, 3.05) is 13.7 Å². The van der Waals surface area contributed by atoms with Gasteiger partial charge in [-0.15, -0.1) is 0 Å². The first-order chi connectivity index (χ1) is 15.9. The van der Waals surface area contributed by atoms with Gasteiger partial charge in [0, 0.05) is 29.0 Å². The molecule has 1 heterocycles. The van der Waals surface area contributed by atoms with Crippen LogP contribution in [0.15, 0.2) is 71.1 Å². The molecule has 1 aliphatic carbocycles. The zero-order chi connectivity index (χ0) is 23.5. The van der Waals surface area contributed by atoms with Gasteiger partial charge in [-0.1, -0.05) is 37.3 Å². The minimum absolute atomic E-state index is 0.0164. The van der Waals surface area contributed by atoms with Crippen LogP contribution in [0.4, 0.5) is 4.39 Å². The number of hydrogen-bond acceptors (Lipinski definition) is 5. The number of rotatable bonds is 6. The van der Waals surface area contributed by atoms with Crippen molar-refractivity contribution in [2.45, 2.75) is 44.9 Å². The molecule has 0 saturated carbocycles. The lowest BCUT2D eigenvalue weighted by Crippen LogP contribution is -2.36. The van der Waals surface area contributed by atoms with Gasteiger partial charge in [0.1, 0.15) is 11.6 Å². The summed E-state index contributed by atoms with van der Waals surface area (Å²) in [7, 11) is 1.61. The van der Waals surface area contributed by atoms with Crippen LogP contribution in [-0.4, -0.2) is 25.5 Å². The monoisotopic (exact) mass is 449 g/mol. The molecule has 0 saturated heterocycles. The SMILES string of the molecule is CCCOC(=O)C1=C(C)NC2=C(C(=O)C[C@H](c3ccc(OC)cc3)C2)[C@@H]1c1ccccc1F. The van der Waals surface area contributed by atoms with E-state index in [-0.39, 0.29) is 24.7 Å². The van der Waals surface area contributed by atoms with Crippen LogP contribution in [0.5, 0.6) is 5.75 Å². The molecule has 5 nitrogen and oxygen atoms in total. The molecule has 2 aromatic carbocycles. The van der Waals surface area contributed by atoms with Crippen LogP contribution in [-0.2, 0) is 14.3 Å². The molecule has 0 amide bonds. The molecule has 0 unspecified atom stereocenters. The molecule has 0 aromatic heterocycles. The average molecular weight is 450 g/mol. The Morgan fingerprint density at radius 3 is 2.52 bits per heavy atom. The molecule has 0 spiro atoms. The predicted octanol–water partition coefficient (Wildman–Crippen LogP) is 5.15. The van der Waals surface area contributed by atoms with Gasteiger partial charge in [-0.25, -0.2) is 9.18 Å². The molecule has 0 radical (unpaired) electrons. The van der Waals surface area contributed by atoms with Gasteiger partial charge in [-0.05, 0) is 49.4 Å². The second-order valence-electron chi connectivity index (χ2n) is 8.45. The summed E-state index contributed by atoms with van der Waals surface area (Å²) in [5.74, 6) is -1.12. The summed E-state index contributed by atoms with van der Waals surface area (Å²) in [4.78, 5) is 26.5. The van der Waals surface area contributed by atoms with E-state index >= 15 is 0 Å². The van der Waals surface area contributed by atoms with Gasteiger partial charge >= 0.3 is 5.97 Å². The van der Waals surface area contributed by atoms with Crippen molar-refractivity contribution in [1.29, 1.82) is 0 Å². The number of benzene rings is 2. The van der Waals surface area contributed by atoms with E-state index in [1.807, 2.05) is 31.2 Å². The van der Waals surface area contributed by atoms with Crippen molar-refractivity contribution in [2.24, 2.45) is 0 Å². The van der Waals surface area contributed by atoms with Crippen molar-refractivity contribution in [1.82, 2.24) is 5.32 Å². The van der Waals surface area contributed by atoms with Gasteiger partial charge in [-0.3, -0.25) is 4.79 Å². The topological polar surface area (TPSA) is 64.6 Å². The third kappa shape index (κ3) is 4.42. The summed E-state index contributed by atoms with van der Waals surface area (Å²) < 4.78 is 25.6. The van der Waals surface area contributed by atoms with Crippen LogP contribution in [0.3, 0.4) is 0 Å². The molecule has 0 bridgehead atoms. The number of carbonyl (C=O) groups excluding carboxylic acids is 2. The molecule has 6 heteroatoms. The van der Waals surface area contributed by atoms with Gasteiger partial charge in [-0.2, -0.15) is 0 Å². The lowest BCUT2D eigenvalue weighted by Gasteiger charge is -2.36. The number of allylic oxidation sites excluding steroid dienone is 3. The van der Waals surface area contributed by atoms with Crippen molar-refractivity contribution in [3.05, 3.63) is 88.0 Å². The smallest absolute Gasteiger partial charge is 0.336 e. The fourth-order valence-corrected chi connectivity index (χ4v) is 4.71. The van der Waals surface area contributed by atoms with E-state index in [1.165, 1.54) is 6.07 Å². The number of esters is 1. The van der Waals surface area contributed by atoms with Gasteiger partial charge in [0.15, 0.2) is 5.78 Å². The molecular weight excluding hydrogens is 421 g/mol. The molecule has 1 N–H and O–H groups in total. The van der Waals surface area contributed by atoms with Crippen LogP contribution in [0.1, 0.15) is 56.1 Å². The molecule has 2 atom stereocenters. The fourth-order valence-electron chi connectivity index (χ4n) is 4.71. The first kappa shape index (κ1) is 22.8. The van der Waals surface area contributed by atoms with Gasteiger partial charge < -0.3 is 14.8 Å². The largest absolute Gasteiger partial charge is 0.497 e. The molecular formula is C27H28FNO4. The third-order valence-electron chi connectivity index (χ3n) is 6.29. The second kappa shape index (κ2) is 9.61. The second-order valence-corrected chi connectivity index (χ2v) is 8.45. The van der Waals surface area contributed by atoms with Crippen molar-refractivity contribution < 1.29 is 23.5 Å². The number of halogens is 1. The third-order valence-corrected chi connectivity index (χ3v) is 6.29. The lowest BCUT2D eigenvalue weighted by molar-refractivity contribution is -0.139. The highest BCUT2D eigenvalue weighted by molar-refractivity contribution is 6.04. The van der Waals surface area contributed by atoms with Gasteiger partial charge in [0.2, 0.25) is 0 Å². The quantitative estimate of drug-likeness (QED) is 0.618. The predicted molar refractivity (Wildman–Crippen MR) is 123 cm³/mol. The van der Waals surface area contributed by atoms with E-state index in [2.05, 4.69) is 5.32 Å². The Kier molecular flexibility index (Phi) is 6.63. The number of carbonyl (C=O) groups is 2. The fraction of sp³-hybridized carbons (Fsp3) is 0.333. The lowest BCUT2D eigenvalue weighted by atomic mass is 9.71. The number of methoxy groups -OCH3 is 1. The highest BCUT2D eigenvalue weighted by Gasteiger charge is 2.42. The molecule has 172 valence electrons. The number of Topliss-reactive ketones (excluding diaryl/α,β-unsaturated/α-hetero) is 1. The minimum atomic E-state index is -0.795. The van der Waals surface area contributed by atoms with Crippen LogP contribution < -0.4 is 10.1 Å². The Balaban J connectivity index is 1.76. The summed E-state index contributed by atoms with van der Waals surface area (Å²) in [5, 5.41) is 3.29. The summed E-state index contributed by atoms with van der Waals surface area (Å²) >= 11 is 0. The zero-order valence-corrected chi connectivity index (χ0v) is 19.1. The van der Waals surface area contributed by atoms with Crippen LogP contribution in [0.2, 0.25) is 0 Å². The van der Waals surface area contributed by atoms with Crippen molar-refractivity contribution >= 4 is 11.8 Å².